The van der Waals surface area contributed by atoms with Gasteiger partial charge in [0.15, 0.2) is 5.71 Å². The second-order valence-corrected chi connectivity index (χ2v) is 9.80. The second kappa shape index (κ2) is 11.5. The van der Waals surface area contributed by atoms with Crippen LogP contribution in [0, 0.1) is 0 Å². The molecule has 3 N–H and O–H groups in total. The molecule has 15 nitrogen and oxygen atoms in total. The molecule has 2 aromatic rings. The molecule has 1 aromatic carbocycles. The van der Waals surface area contributed by atoms with Gasteiger partial charge in [0.05, 0.1) is 6.61 Å². The Labute approximate surface area is 223 Å². The maximum absolute atomic E-state index is 13.1. The van der Waals surface area contributed by atoms with E-state index in [9.17, 15) is 29.4 Å². The topological polar surface area (TPSA) is 198 Å². The number of ether oxygens (including phenoxy) is 1. The van der Waals surface area contributed by atoms with Gasteiger partial charge in [-0.15, -0.1) is 16.9 Å². The molecule has 1 unspecified atom stereocenters. The lowest BCUT2D eigenvalue weighted by Gasteiger charge is -2.49. The molecule has 0 saturated carbocycles. The van der Waals surface area contributed by atoms with Crippen LogP contribution in [0.15, 0.2) is 45.8 Å². The van der Waals surface area contributed by atoms with Gasteiger partial charge in [0.1, 0.15) is 22.9 Å². The smallest absolute Gasteiger partial charge is 0.508 e. The maximum Gasteiger partial charge on any atom is 0.535 e. The Morgan fingerprint density at radius 1 is 1.34 bits per heavy atom. The number of hydrogen-bond donors (Lipinski definition) is 3. The Bertz CT molecular complexity index is 1340. The fourth-order valence-electron chi connectivity index (χ4n) is 3.60. The average molecular weight is 564 g/mol. The number of carboxylic acids is 1. The number of nitrogens with zero attached hydrogens (tertiary/aromatic N) is 6. The average Bonchev–Trinajstić information content (AvgIpc) is 3.30. The minimum absolute atomic E-state index is 0.0166. The van der Waals surface area contributed by atoms with Crippen LogP contribution < -0.4 is 5.32 Å². The molecule has 17 heteroatoms. The molecule has 1 fully saturated rings. The van der Waals surface area contributed by atoms with Crippen molar-refractivity contribution in [3.63, 3.8) is 0 Å². The molecule has 0 spiro atoms. The number of aliphatic carboxylic acids is 1. The van der Waals surface area contributed by atoms with E-state index in [-0.39, 0.29) is 29.4 Å². The number of aryl methyl sites for hydroxylation is 1. The minimum atomic E-state index is -1.27. The second-order valence-electron chi connectivity index (χ2n) is 7.76. The molecular formula is C21H21N7O8S2. The third-order valence-electron chi connectivity index (χ3n) is 5.30. The molecule has 0 bridgehead atoms. The number of aromatic hydroxyl groups is 1. The van der Waals surface area contributed by atoms with E-state index in [1.807, 2.05) is 0 Å². The number of β-lactam (4-membered cyclic amide) rings is 1. The molecule has 1 saturated heterocycles. The number of rotatable bonds is 9. The molecule has 38 heavy (non-hydrogen) atoms. The van der Waals surface area contributed by atoms with Gasteiger partial charge in [-0.1, -0.05) is 29.1 Å². The number of carboxylic acid groups (broad SMARTS) is 1. The number of fused-ring (bicyclic) bond motifs is 1. The van der Waals surface area contributed by atoms with E-state index in [2.05, 4.69) is 35.6 Å². The van der Waals surface area contributed by atoms with Crippen LogP contribution in [0.1, 0.15) is 12.5 Å². The van der Waals surface area contributed by atoms with Crippen molar-refractivity contribution in [2.75, 3.05) is 18.1 Å². The Balaban J connectivity index is 1.51. The number of tetrazole rings is 1. The monoisotopic (exact) mass is 563 g/mol. The fourth-order valence-corrected chi connectivity index (χ4v) is 5.94. The van der Waals surface area contributed by atoms with Crippen LogP contribution in [0.4, 0.5) is 4.79 Å². The van der Waals surface area contributed by atoms with Crippen LogP contribution in [-0.2, 0) is 31.0 Å². The zero-order chi connectivity index (χ0) is 27.4. The van der Waals surface area contributed by atoms with E-state index in [4.69, 9.17) is 0 Å². The zero-order valence-electron chi connectivity index (χ0n) is 19.9. The number of oxime groups is 1. The highest BCUT2D eigenvalue weighted by Crippen LogP contribution is 2.41. The number of nitrogens with one attached hydrogen (secondary N) is 1. The lowest BCUT2D eigenvalue weighted by Crippen LogP contribution is -2.71. The summed E-state index contributed by atoms with van der Waals surface area (Å²) in [5.41, 5.74) is 0.0638. The summed E-state index contributed by atoms with van der Waals surface area (Å²) < 4.78 is 6.09. The summed E-state index contributed by atoms with van der Waals surface area (Å²) in [4.78, 5) is 55.6. The quantitative estimate of drug-likeness (QED) is 0.0942. The van der Waals surface area contributed by atoms with Crippen molar-refractivity contribution < 1.29 is 39.0 Å². The molecule has 4 rings (SSSR count). The molecule has 2 aliphatic rings. The first kappa shape index (κ1) is 26.9. The fraction of sp³-hybridized carbons (Fsp3) is 0.333. The summed E-state index contributed by atoms with van der Waals surface area (Å²) >= 11 is 2.52. The third kappa shape index (κ3) is 5.57. The first-order chi connectivity index (χ1) is 18.2. The molecule has 3 heterocycles. The molecule has 1 aromatic heterocycles. The summed E-state index contributed by atoms with van der Waals surface area (Å²) in [5.74, 6) is -2.42. The van der Waals surface area contributed by atoms with Gasteiger partial charge in [0.2, 0.25) is 5.16 Å². The van der Waals surface area contributed by atoms with Gasteiger partial charge >= 0.3 is 12.1 Å². The van der Waals surface area contributed by atoms with Gasteiger partial charge in [-0.2, -0.15) is 0 Å². The first-order valence-electron chi connectivity index (χ1n) is 11.0. The molecule has 0 radical (unpaired) electrons. The van der Waals surface area contributed by atoms with Crippen LogP contribution in [0.2, 0.25) is 0 Å². The van der Waals surface area contributed by atoms with Gasteiger partial charge in [0.25, 0.3) is 11.8 Å². The Kier molecular flexibility index (Phi) is 8.16. The molecule has 2 atom stereocenters. The summed E-state index contributed by atoms with van der Waals surface area (Å²) in [6, 6.07) is 4.42. The van der Waals surface area contributed by atoms with Crippen molar-refractivity contribution in [3.05, 3.63) is 41.1 Å². The lowest BCUT2D eigenvalue weighted by molar-refractivity contribution is -0.150. The van der Waals surface area contributed by atoms with Gasteiger partial charge < -0.3 is 20.3 Å². The van der Waals surface area contributed by atoms with Gasteiger partial charge in [0, 0.05) is 24.1 Å². The summed E-state index contributed by atoms with van der Waals surface area (Å²) in [7, 11) is 1.65. The number of benzene rings is 1. The third-order valence-corrected chi connectivity index (χ3v) is 7.74. The van der Waals surface area contributed by atoms with E-state index >= 15 is 0 Å². The van der Waals surface area contributed by atoms with Gasteiger partial charge in [-0.05, 0) is 35.1 Å². The van der Waals surface area contributed by atoms with Crippen molar-refractivity contribution in [1.82, 2.24) is 30.4 Å². The Morgan fingerprint density at radius 2 is 2.13 bits per heavy atom. The first-order valence-corrected chi connectivity index (χ1v) is 13.0. The normalized spacial score (nSPS) is 18.9. The molecule has 2 amide bonds. The van der Waals surface area contributed by atoms with Crippen molar-refractivity contribution in [3.8, 4) is 5.75 Å². The molecule has 200 valence electrons. The molecular weight excluding hydrogens is 542 g/mol. The van der Waals surface area contributed by atoms with Crippen LogP contribution in [-0.4, -0.2) is 94.5 Å². The highest BCUT2D eigenvalue weighted by Gasteiger charge is 2.54. The SMILES string of the molecule is CCOC(=O)O/N=C(/C(=O)NC1C(=O)N2C(C(=O)O)=C(CSc3nnnn3C)CS[C@H]12)c1cccc(O)c1. The Morgan fingerprint density at radius 3 is 2.79 bits per heavy atom. The van der Waals surface area contributed by atoms with Crippen LogP contribution >= 0.6 is 23.5 Å². The van der Waals surface area contributed by atoms with Crippen LogP contribution in [0.3, 0.4) is 0 Å². The van der Waals surface area contributed by atoms with E-state index in [1.54, 1.807) is 14.0 Å². The minimum Gasteiger partial charge on any atom is -0.508 e. The Hall–Kier alpha value is -4.12. The number of carbonyl (C=O) groups excluding carboxylic acids is 3. The standard InChI is InChI=1S/C21H21N7O8S2/c1-3-35-21(34)36-24-13(10-5-4-6-12(29)7-10)16(30)22-14-17(31)28-15(19(32)33)11(8-37-18(14)28)9-38-20-23-25-26-27(20)2/h4-7,14,18,29H,3,8-9H2,1-2H3,(H,22,30)(H,32,33)/b24-13+/t14?,18-/m1/s1. The maximum atomic E-state index is 13.1. The van der Waals surface area contributed by atoms with Gasteiger partial charge in [-0.25, -0.2) is 14.3 Å². The number of phenolic OH excluding ortho intramolecular Hbond substituents is 1. The summed E-state index contributed by atoms with van der Waals surface area (Å²) in [5, 5.41) is 36.7. The molecule has 2 aliphatic heterocycles. The number of hydrogen-bond acceptors (Lipinski definition) is 13. The van der Waals surface area contributed by atoms with Crippen molar-refractivity contribution >= 4 is 53.2 Å². The molecule has 0 aliphatic carbocycles. The predicted octanol–water partition coefficient (Wildman–Crippen LogP) is 0.324. The number of carbonyl (C=O) groups is 4. The number of aromatic nitrogens is 4. The highest BCUT2D eigenvalue weighted by atomic mass is 32.2. The van der Waals surface area contributed by atoms with E-state index in [1.165, 1.54) is 52.5 Å². The van der Waals surface area contributed by atoms with Crippen LogP contribution in [0.5, 0.6) is 5.75 Å². The van der Waals surface area contributed by atoms with E-state index < -0.39 is 41.1 Å². The zero-order valence-corrected chi connectivity index (χ0v) is 21.6. The highest BCUT2D eigenvalue weighted by molar-refractivity contribution is 8.01. The van der Waals surface area contributed by atoms with Gasteiger partial charge in [-0.3, -0.25) is 19.3 Å². The van der Waals surface area contributed by atoms with Crippen molar-refractivity contribution in [2.45, 2.75) is 23.5 Å². The number of phenols is 1. The predicted molar refractivity (Wildman–Crippen MR) is 132 cm³/mol. The summed E-state index contributed by atoms with van der Waals surface area (Å²) in [6.07, 6.45) is -1.15. The van der Waals surface area contributed by atoms with Crippen LogP contribution in [0.25, 0.3) is 0 Å². The largest absolute Gasteiger partial charge is 0.535 e. The van der Waals surface area contributed by atoms with E-state index in [0.717, 1.165) is 4.90 Å². The van der Waals surface area contributed by atoms with E-state index in [0.29, 0.717) is 16.5 Å². The number of amides is 2. The number of thioether (sulfide) groups is 2. The van der Waals surface area contributed by atoms with Crippen molar-refractivity contribution in [1.29, 1.82) is 0 Å². The summed E-state index contributed by atoms with van der Waals surface area (Å²) in [6.45, 7) is 1.57. The van der Waals surface area contributed by atoms with Crippen molar-refractivity contribution in [2.24, 2.45) is 12.2 Å². The lowest BCUT2D eigenvalue weighted by atomic mass is 10.0.